The molecule has 0 spiro atoms. The molecule has 0 atom stereocenters. The number of aliphatic carboxylic acids is 1. The Labute approximate surface area is 129 Å². The van der Waals surface area contributed by atoms with Crippen molar-refractivity contribution in [3.8, 4) is 0 Å². The minimum absolute atomic E-state index is 0.0791. The molecule has 0 saturated carbocycles. The first-order chi connectivity index (χ1) is 9.70. The molecule has 0 fully saturated rings. The molecular formula is C13H15BrN2O5. The number of carbonyl (C=O) groups excluding carboxylic acids is 1. The van der Waals surface area contributed by atoms with E-state index in [4.69, 9.17) is 5.11 Å². The zero-order chi connectivity index (χ0) is 16.2. The summed E-state index contributed by atoms with van der Waals surface area (Å²) in [6.07, 6.45) is 0. The molecular weight excluding hydrogens is 344 g/mol. The molecule has 0 aromatic heterocycles. The average molecular weight is 359 g/mol. The monoisotopic (exact) mass is 358 g/mol. The summed E-state index contributed by atoms with van der Waals surface area (Å²) in [5, 5.41) is 19.7. The summed E-state index contributed by atoms with van der Waals surface area (Å²) in [6.45, 7) is 3.51. The Balaban J connectivity index is 3.13. The predicted octanol–water partition coefficient (Wildman–Crippen LogP) is 2.54. The molecule has 1 N–H and O–H groups in total. The summed E-state index contributed by atoms with van der Waals surface area (Å²) in [4.78, 5) is 34.6. The predicted molar refractivity (Wildman–Crippen MR) is 79.2 cm³/mol. The first-order valence-corrected chi connectivity index (χ1v) is 6.96. The molecule has 0 unspecified atom stereocenters. The molecule has 8 heteroatoms. The molecule has 1 aromatic carbocycles. The number of non-ortho nitro benzene ring substituents is 1. The number of nitro benzene ring substituents is 1. The van der Waals surface area contributed by atoms with Crippen molar-refractivity contribution in [2.75, 3.05) is 13.1 Å². The van der Waals surface area contributed by atoms with Gasteiger partial charge in [0.2, 0.25) is 0 Å². The SMILES string of the molecule is CC(C)CN(CC(=O)O)C(=O)c1cc(Br)cc([N+](=O)[O-])c1. The van der Waals surface area contributed by atoms with E-state index in [2.05, 4.69) is 15.9 Å². The molecule has 0 aliphatic rings. The van der Waals surface area contributed by atoms with E-state index in [1.807, 2.05) is 13.8 Å². The van der Waals surface area contributed by atoms with Gasteiger partial charge in [0.25, 0.3) is 11.6 Å². The van der Waals surface area contributed by atoms with Crippen LogP contribution < -0.4 is 0 Å². The average Bonchev–Trinajstić information content (AvgIpc) is 2.35. The number of benzene rings is 1. The van der Waals surface area contributed by atoms with Crippen LogP contribution in [0.25, 0.3) is 0 Å². The lowest BCUT2D eigenvalue weighted by molar-refractivity contribution is -0.385. The van der Waals surface area contributed by atoms with E-state index in [1.165, 1.54) is 17.0 Å². The van der Waals surface area contributed by atoms with Crippen molar-refractivity contribution >= 4 is 33.5 Å². The van der Waals surface area contributed by atoms with Crippen LogP contribution in [0.3, 0.4) is 0 Å². The molecule has 0 radical (unpaired) electrons. The smallest absolute Gasteiger partial charge is 0.323 e. The Hall–Kier alpha value is -1.96. The highest BCUT2D eigenvalue weighted by molar-refractivity contribution is 9.10. The first-order valence-electron chi connectivity index (χ1n) is 6.16. The van der Waals surface area contributed by atoms with Crippen LogP contribution in [0.4, 0.5) is 5.69 Å². The first kappa shape index (κ1) is 17.1. The fourth-order valence-electron chi connectivity index (χ4n) is 1.81. The molecule has 0 aliphatic heterocycles. The lowest BCUT2D eigenvalue weighted by atomic mass is 10.1. The summed E-state index contributed by atoms with van der Waals surface area (Å²) in [5.74, 6) is -1.60. The van der Waals surface area contributed by atoms with Crippen molar-refractivity contribution in [3.05, 3.63) is 38.3 Å². The lowest BCUT2D eigenvalue weighted by Gasteiger charge is -2.22. The minimum atomic E-state index is -1.13. The van der Waals surface area contributed by atoms with E-state index in [0.29, 0.717) is 4.47 Å². The molecule has 1 rings (SSSR count). The van der Waals surface area contributed by atoms with Crippen molar-refractivity contribution in [2.45, 2.75) is 13.8 Å². The number of nitro groups is 1. The summed E-state index contributed by atoms with van der Waals surface area (Å²) >= 11 is 3.11. The number of hydrogen-bond acceptors (Lipinski definition) is 4. The zero-order valence-corrected chi connectivity index (χ0v) is 13.2. The standard InChI is InChI=1S/C13H15BrN2O5/c1-8(2)6-15(7-12(17)18)13(19)9-3-10(14)5-11(4-9)16(20)21/h3-5,8H,6-7H2,1-2H3,(H,17,18). The number of amides is 1. The summed E-state index contributed by atoms with van der Waals surface area (Å²) in [6, 6.07) is 3.85. The lowest BCUT2D eigenvalue weighted by Crippen LogP contribution is -2.38. The molecule has 0 bridgehead atoms. The van der Waals surface area contributed by atoms with Crippen LogP contribution in [0, 0.1) is 16.0 Å². The third-order valence-corrected chi connectivity index (χ3v) is 3.00. The maximum Gasteiger partial charge on any atom is 0.323 e. The van der Waals surface area contributed by atoms with Crippen molar-refractivity contribution in [1.29, 1.82) is 0 Å². The molecule has 0 aliphatic carbocycles. The van der Waals surface area contributed by atoms with E-state index in [1.54, 1.807) is 0 Å². The van der Waals surface area contributed by atoms with Gasteiger partial charge in [-0.3, -0.25) is 19.7 Å². The Bertz CT molecular complexity index is 574. The van der Waals surface area contributed by atoms with E-state index >= 15 is 0 Å². The normalized spacial score (nSPS) is 10.5. The van der Waals surface area contributed by atoms with Crippen molar-refractivity contribution < 1.29 is 19.6 Å². The van der Waals surface area contributed by atoms with Crippen molar-refractivity contribution in [3.63, 3.8) is 0 Å². The van der Waals surface area contributed by atoms with Gasteiger partial charge in [-0.05, 0) is 12.0 Å². The van der Waals surface area contributed by atoms with Crippen molar-refractivity contribution in [2.24, 2.45) is 5.92 Å². The largest absolute Gasteiger partial charge is 0.480 e. The topological polar surface area (TPSA) is 101 Å². The van der Waals surface area contributed by atoms with E-state index in [-0.39, 0.29) is 23.7 Å². The zero-order valence-electron chi connectivity index (χ0n) is 11.6. The second-order valence-corrected chi connectivity index (χ2v) is 5.84. The van der Waals surface area contributed by atoms with Gasteiger partial charge >= 0.3 is 5.97 Å². The van der Waals surface area contributed by atoms with Crippen LogP contribution in [0.15, 0.2) is 22.7 Å². The van der Waals surface area contributed by atoms with Gasteiger partial charge in [-0.1, -0.05) is 29.8 Å². The minimum Gasteiger partial charge on any atom is -0.480 e. The summed E-state index contributed by atoms with van der Waals surface area (Å²) in [5.41, 5.74) is -0.148. The maximum absolute atomic E-state index is 12.4. The number of halogens is 1. The molecule has 1 amide bonds. The number of hydrogen-bond donors (Lipinski definition) is 1. The van der Waals surface area contributed by atoms with Gasteiger partial charge in [0.05, 0.1) is 4.92 Å². The van der Waals surface area contributed by atoms with Crippen molar-refractivity contribution in [1.82, 2.24) is 4.90 Å². The molecule has 1 aromatic rings. The molecule has 0 heterocycles. The van der Waals surface area contributed by atoms with Gasteiger partial charge in [-0.2, -0.15) is 0 Å². The van der Waals surface area contributed by atoms with Gasteiger partial charge in [0, 0.05) is 28.7 Å². The second-order valence-electron chi connectivity index (χ2n) is 4.93. The third-order valence-electron chi connectivity index (χ3n) is 2.54. The Morgan fingerprint density at radius 2 is 2.00 bits per heavy atom. The third kappa shape index (κ3) is 5.14. The fraction of sp³-hybridized carbons (Fsp3) is 0.385. The number of carbonyl (C=O) groups is 2. The van der Waals surface area contributed by atoms with E-state index < -0.39 is 23.3 Å². The number of rotatable bonds is 6. The van der Waals surface area contributed by atoms with Crippen LogP contribution >= 0.6 is 15.9 Å². The molecule has 114 valence electrons. The Morgan fingerprint density at radius 1 is 1.38 bits per heavy atom. The van der Waals surface area contributed by atoms with Gasteiger partial charge < -0.3 is 10.0 Å². The fourth-order valence-corrected chi connectivity index (χ4v) is 2.29. The highest BCUT2D eigenvalue weighted by Crippen LogP contribution is 2.22. The summed E-state index contributed by atoms with van der Waals surface area (Å²) < 4.78 is 0.389. The van der Waals surface area contributed by atoms with Gasteiger partial charge in [-0.25, -0.2) is 0 Å². The quantitative estimate of drug-likeness (QED) is 0.621. The van der Waals surface area contributed by atoms with Crippen LogP contribution in [-0.2, 0) is 4.79 Å². The van der Waals surface area contributed by atoms with E-state index in [0.717, 1.165) is 6.07 Å². The van der Waals surface area contributed by atoms with Crippen LogP contribution in [0.5, 0.6) is 0 Å². The summed E-state index contributed by atoms with van der Waals surface area (Å²) in [7, 11) is 0. The maximum atomic E-state index is 12.4. The highest BCUT2D eigenvalue weighted by Gasteiger charge is 2.22. The van der Waals surface area contributed by atoms with Gasteiger partial charge in [0.15, 0.2) is 0 Å². The van der Waals surface area contributed by atoms with Crippen LogP contribution in [0.1, 0.15) is 24.2 Å². The van der Waals surface area contributed by atoms with Gasteiger partial charge in [-0.15, -0.1) is 0 Å². The highest BCUT2D eigenvalue weighted by atomic mass is 79.9. The van der Waals surface area contributed by atoms with Gasteiger partial charge in [0.1, 0.15) is 6.54 Å². The molecule has 7 nitrogen and oxygen atoms in total. The number of carboxylic acids is 1. The molecule has 0 saturated heterocycles. The number of carboxylic acid groups (broad SMARTS) is 1. The Kier molecular flexibility index (Phi) is 5.83. The second kappa shape index (κ2) is 7.16. The Morgan fingerprint density at radius 3 is 2.48 bits per heavy atom. The van der Waals surface area contributed by atoms with E-state index in [9.17, 15) is 19.7 Å². The van der Waals surface area contributed by atoms with Crippen LogP contribution in [0.2, 0.25) is 0 Å². The van der Waals surface area contributed by atoms with Crippen LogP contribution in [-0.4, -0.2) is 39.9 Å². The number of nitrogens with zero attached hydrogens (tertiary/aromatic N) is 2. The molecule has 21 heavy (non-hydrogen) atoms.